The van der Waals surface area contributed by atoms with Crippen LogP contribution in [-0.4, -0.2) is 23.9 Å². The van der Waals surface area contributed by atoms with E-state index >= 15 is 0 Å². The highest BCUT2D eigenvalue weighted by molar-refractivity contribution is 5.28. The number of hydrogen-bond donors (Lipinski definition) is 1. The molecule has 6 atom stereocenters. The molecular formula is C20H32O2. The van der Waals surface area contributed by atoms with Gasteiger partial charge in [-0.25, -0.2) is 0 Å². The highest BCUT2D eigenvalue weighted by atomic mass is 16.6. The van der Waals surface area contributed by atoms with Crippen molar-refractivity contribution in [2.24, 2.45) is 28.1 Å². The molecule has 0 spiro atoms. The Labute approximate surface area is 135 Å². The lowest BCUT2D eigenvalue weighted by Crippen LogP contribution is -2.52. The van der Waals surface area contributed by atoms with Crippen LogP contribution in [0.5, 0.6) is 0 Å². The number of aliphatic hydroxyl groups excluding tert-OH is 1. The summed E-state index contributed by atoms with van der Waals surface area (Å²) in [5, 5.41) is 10.5. The SMILES string of the molecule is CC1(C)[C@H](O)CC=C2[C@@H]1CC[C@H]1C[C@@](C)([C@@H]3CO3)CC[C@]21C. The second-order valence-corrected chi connectivity index (χ2v) is 9.66. The molecule has 4 aliphatic rings. The maximum absolute atomic E-state index is 10.5. The number of hydrogen-bond acceptors (Lipinski definition) is 2. The van der Waals surface area contributed by atoms with Gasteiger partial charge in [0.2, 0.25) is 0 Å². The fourth-order valence-corrected chi connectivity index (χ4v) is 6.03. The fraction of sp³-hybridized carbons (Fsp3) is 0.900. The third-order valence-corrected chi connectivity index (χ3v) is 8.10. The van der Waals surface area contributed by atoms with Crippen LogP contribution in [0, 0.1) is 28.1 Å². The summed E-state index contributed by atoms with van der Waals surface area (Å²) in [5.74, 6) is 1.39. The van der Waals surface area contributed by atoms with Gasteiger partial charge in [0, 0.05) is 0 Å². The van der Waals surface area contributed by atoms with Crippen LogP contribution < -0.4 is 0 Å². The highest BCUT2D eigenvalue weighted by Crippen LogP contribution is 2.64. The van der Waals surface area contributed by atoms with Gasteiger partial charge in [0.1, 0.15) is 0 Å². The monoisotopic (exact) mass is 304 g/mol. The van der Waals surface area contributed by atoms with Crippen LogP contribution in [0.15, 0.2) is 11.6 Å². The second-order valence-electron chi connectivity index (χ2n) is 9.66. The zero-order valence-corrected chi connectivity index (χ0v) is 14.7. The molecule has 0 unspecified atom stereocenters. The summed E-state index contributed by atoms with van der Waals surface area (Å²) in [7, 11) is 0. The smallest absolute Gasteiger partial charge is 0.0863 e. The van der Waals surface area contributed by atoms with Crippen molar-refractivity contribution in [1.29, 1.82) is 0 Å². The lowest BCUT2D eigenvalue weighted by Gasteiger charge is -2.59. The molecule has 3 fully saturated rings. The molecule has 2 nitrogen and oxygen atoms in total. The van der Waals surface area contributed by atoms with E-state index < -0.39 is 0 Å². The van der Waals surface area contributed by atoms with E-state index in [1.54, 1.807) is 5.57 Å². The highest BCUT2D eigenvalue weighted by Gasteiger charge is 2.57. The van der Waals surface area contributed by atoms with E-state index in [-0.39, 0.29) is 11.5 Å². The number of allylic oxidation sites excluding steroid dienone is 1. The Balaban J connectivity index is 1.64. The van der Waals surface area contributed by atoms with Crippen LogP contribution in [0.3, 0.4) is 0 Å². The lowest BCUT2D eigenvalue weighted by atomic mass is 9.46. The molecule has 0 aromatic carbocycles. The lowest BCUT2D eigenvalue weighted by molar-refractivity contribution is -0.0487. The van der Waals surface area contributed by atoms with Crippen molar-refractivity contribution in [3.63, 3.8) is 0 Å². The molecule has 0 radical (unpaired) electrons. The maximum Gasteiger partial charge on any atom is 0.0863 e. The van der Waals surface area contributed by atoms with Crippen molar-refractivity contribution in [3.8, 4) is 0 Å². The van der Waals surface area contributed by atoms with E-state index in [1.165, 1.54) is 32.1 Å². The zero-order valence-electron chi connectivity index (χ0n) is 14.7. The van der Waals surface area contributed by atoms with Gasteiger partial charge in [-0.2, -0.15) is 0 Å². The fourth-order valence-electron chi connectivity index (χ4n) is 6.03. The molecular weight excluding hydrogens is 272 g/mol. The third kappa shape index (κ3) is 1.99. The number of rotatable bonds is 1. The molecule has 0 aromatic heterocycles. The van der Waals surface area contributed by atoms with Gasteiger partial charge in [-0.3, -0.25) is 0 Å². The minimum absolute atomic E-state index is 0.0401. The Kier molecular flexibility index (Phi) is 3.18. The summed E-state index contributed by atoms with van der Waals surface area (Å²) in [4.78, 5) is 0. The molecule has 0 bridgehead atoms. The van der Waals surface area contributed by atoms with Crippen molar-refractivity contribution in [2.45, 2.75) is 78.4 Å². The minimum Gasteiger partial charge on any atom is -0.392 e. The molecule has 3 aliphatic carbocycles. The molecule has 124 valence electrons. The Bertz CT molecular complexity index is 504. The van der Waals surface area contributed by atoms with E-state index in [0.717, 1.165) is 18.9 Å². The van der Waals surface area contributed by atoms with Gasteiger partial charge in [-0.15, -0.1) is 0 Å². The van der Waals surface area contributed by atoms with E-state index in [0.29, 0.717) is 22.9 Å². The molecule has 4 rings (SSSR count). The van der Waals surface area contributed by atoms with E-state index in [9.17, 15) is 5.11 Å². The summed E-state index contributed by atoms with van der Waals surface area (Å²) in [6, 6.07) is 0. The van der Waals surface area contributed by atoms with E-state index in [2.05, 4.69) is 33.8 Å². The first-order valence-electron chi connectivity index (χ1n) is 9.27. The molecule has 1 aliphatic heterocycles. The van der Waals surface area contributed by atoms with Crippen molar-refractivity contribution >= 4 is 0 Å². The first kappa shape index (κ1) is 15.2. The van der Waals surface area contributed by atoms with Gasteiger partial charge in [0.25, 0.3) is 0 Å². The zero-order chi connectivity index (χ0) is 15.8. The number of ether oxygens (including phenoxy) is 1. The van der Waals surface area contributed by atoms with Gasteiger partial charge < -0.3 is 9.84 Å². The van der Waals surface area contributed by atoms with Gasteiger partial charge in [-0.05, 0) is 66.6 Å². The molecule has 2 saturated carbocycles. The number of aliphatic hydroxyl groups is 1. The van der Waals surface area contributed by atoms with Crippen molar-refractivity contribution in [1.82, 2.24) is 0 Å². The normalized spacial score (nSPS) is 53.2. The van der Waals surface area contributed by atoms with E-state index in [1.807, 2.05) is 0 Å². The van der Waals surface area contributed by atoms with Crippen LogP contribution in [0.25, 0.3) is 0 Å². The predicted molar refractivity (Wildman–Crippen MR) is 88.5 cm³/mol. The maximum atomic E-state index is 10.5. The topological polar surface area (TPSA) is 32.8 Å². The van der Waals surface area contributed by atoms with Gasteiger partial charge in [-0.1, -0.05) is 39.3 Å². The van der Waals surface area contributed by atoms with Gasteiger partial charge in [0.05, 0.1) is 18.8 Å². The first-order chi connectivity index (χ1) is 10.3. The molecule has 22 heavy (non-hydrogen) atoms. The largest absolute Gasteiger partial charge is 0.392 e. The summed E-state index contributed by atoms with van der Waals surface area (Å²) < 4.78 is 5.67. The van der Waals surface area contributed by atoms with Crippen LogP contribution in [-0.2, 0) is 4.74 Å². The summed E-state index contributed by atoms with van der Waals surface area (Å²) >= 11 is 0. The van der Waals surface area contributed by atoms with Crippen LogP contribution >= 0.6 is 0 Å². The minimum atomic E-state index is -0.171. The third-order valence-electron chi connectivity index (χ3n) is 8.10. The molecule has 1 saturated heterocycles. The molecule has 0 amide bonds. The molecule has 1 N–H and O–H groups in total. The Hall–Kier alpha value is -0.340. The summed E-state index contributed by atoms with van der Waals surface area (Å²) in [5.41, 5.74) is 2.52. The first-order valence-corrected chi connectivity index (χ1v) is 9.27. The Morgan fingerprint density at radius 1 is 1.14 bits per heavy atom. The number of epoxide rings is 1. The quantitative estimate of drug-likeness (QED) is 0.578. The van der Waals surface area contributed by atoms with Crippen LogP contribution in [0.2, 0.25) is 0 Å². The Morgan fingerprint density at radius 3 is 2.55 bits per heavy atom. The van der Waals surface area contributed by atoms with Crippen LogP contribution in [0.1, 0.15) is 66.2 Å². The average molecular weight is 304 g/mol. The van der Waals surface area contributed by atoms with E-state index in [4.69, 9.17) is 4.74 Å². The summed E-state index contributed by atoms with van der Waals surface area (Å²) in [6.45, 7) is 10.5. The second kappa shape index (κ2) is 4.60. The van der Waals surface area contributed by atoms with Gasteiger partial charge in [0.15, 0.2) is 0 Å². The Morgan fingerprint density at radius 2 is 1.86 bits per heavy atom. The molecule has 0 aromatic rings. The standard InChI is InChI=1S/C20H32O2/c1-18(2)14-6-5-13-11-19(3,17-12-22-17)9-10-20(13,4)15(14)7-8-16(18)21/h7,13-14,16-17,21H,5-6,8-12H2,1-4H3/t13-,14-,16+,17-,19-,20-/m0/s1. The molecule has 2 heteroatoms. The van der Waals surface area contributed by atoms with Crippen molar-refractivity contribution in [3.05, 3.63) is 11.6 Å². The van der Waals surface area contributed by atoms with Crippen molar-refractivity contribution in [2.75, 3.05) is 6.61 Å². The molecule has 1 heterocycles. The van der Waals surface area contributed by atoms with Gasteiger partial charge >= 0.3 is 0 Å². The van der Waals surface area contributed by atoms with Crippen molar-refractivity contribution < 1.29 is 9.84 Å². The summed E-state index contributed by atoms with van der Waals surface area (Å²) in [6.07, 6.45) is 10.2. The van der Waals surface area contributed by atoms with Crippen LogP contribution in [0.4, 0.5) is 0 Å². The predicted octanol–water partition coefficient (Wildman–Crippen LogP) is 4.33. The number of fused-ring (bicyclic) bond motifs is 3. The average Bonchev–Trinajstić information content (AvgIpc) is 3.29.